The second-order valence-corrected chi connectivity index (χ2v) is 11.9. The number of thiophene rings is 1. The molecule has 3 amide bonds. The standard InChI is InChI=1S/C30H24N4O3S3/c1-19(27(35)34-30-33-24-9-5-6-10-26(24)40-30)39-23-13-11-22(12-14-23)31-29(37)25(17-20-15-16-38-18-20)32-28(36)21-7-3-2-4-8-21/h2-19H,1H3,(H,31,37)(H,32,36)(H,33,34,35)/b25-17-. The number of carbonyl (C=O) groups is 3. The van der Waals surface area contributed by atoms with Gasteiger partial charge in [-0.25, -0.2) is 4.98 Å². The van der Waals surface area contributed by atoms with Gasteiger partial charge in [-0.05, 0) is 83.9 Å². The van der Waals surface area contributed by atoms with E-state index in [1.54, 1.807) is 42.5 Å². The number of aromatic nitrogens is 1. The molecule has 1 unspecified atom stereocenters. The van der Waals surface area contributed by atoms with Crippen LogP contribution in [-0.4, -0.2) is 28.0 Å². The fraction of sp³-hybridized carbons (Fsp3) is 0.0667. The maximum Gasteiger partial charge on any atom is 0.272 e. The summed E-state index contributed by atoms with van der Waals surface area (Å²) in [6, 6.07) is 25.5. The molecule has 7 nitrogen and oxygen atoms in total. The zero-order valence-corrected chi connectivity index (χ0v) is 23.7. The molecular formula is C30H24N4O3S3. The summed E-state index contributed by atoms with van der Waals surface area (Å²) in [6.07, 6.45) is 1.64. The van der Waals surface area contributed by atoms with Gasteiger partial charge in [0.2, 0.25) is 5.91 Å². The Bertz CT molecular complexity index is 1630. The van der Waals surface area contributed by atoms with Crippen molar-refractivity contribution < 1.29 is 14.4 Å². The van der Waals surface area contributed by atoms with E-state index in [4.69, 9.17) is 0 Å². The van der Waals surface area contributed by atoms with Crippen LogP contribution in [0.2, 0.25) is 0 Å². The van der Waals surface area contributed by atoms with E-state index >= 15 is 0 Å². The van der Waals surface area contributed by atoms with E-state index in [-0.39, 0.29) is 22.8 Å². The number of amides is 3. The van der Waals surface area contributed by atoms with Crippen LogP contribution in [0.15, 0.2) is 106 Å². The number of thiazole rings is 1. The van der Waals surface area contributed by atoms with Crippen LogP contribution in [-0.2, 0) is 9.59 Å². The molecule has 5 aromatic rings. The number of thioether (sulfide) groups is 1. The molecule has 0 fully saturated rings. The molecule has 2 aromatic heterocycles. The average Bonchev–Trinajstić information content (AvgIpc) is 3.63. The van der Waals surface area contributed by atoms with Crippen LogP contribution in [0, 0.1) is 0 Å². The molecule has 5 rings (SSSR count). The fourth-order valence-electron chi connectivity index (χ4n) is 3.67. The fourth-order valence-corrected chi connectivity index (χ4v) is 6.03. The number of anilines is 2. The predicted molar refractivity (Wildman–Crippen MR) is 165 cm³/mol. The molecule has 0 saturated carbocycles. The minimum Gasteiger partial charge on any atom is -0.321 e. The van der Waals surface area contributed by atoms with Gasteiger partial charge < -0.3 is 16.0 Å². The van der Waals surface area contributed by atoms with Gasteiger partial charge in [-0.1, -0.05) is 41.7 Å². The van der Waals surface area contributed by atoms with Gasteiger partial charge in [0, 0.05) is 16.1 Å². The third-order valence-corrected chi connectivity index (χ3v) is 8.47. The van der Waals surface area contributed by atoms with Gasteiger partial charge in [0.1, 0.15) is 5.70 Å². The largest absolute Gasteiger partial charge is 0.321 e. The highest BCUT2D eigenvalue weighted by atomic mass is 32.2. The summed E-state index contributed by atoms with van der Waals surface area (Å²) in [4.78, 5) is 43.9. The van der Waals surface area contributed by atoms with Crippen molar-refractivity contribution in [2.45, 2.75) is 17.1 Å². The molecule has 3 aromatic carbocycles. The molecule has 10 heteroatoms. The van der Waals surface area contributed by atoms with Crippen molar-refractivity contribution in [2.24, 2.45) is 0 Å². The molecule has 1 atom stereocenters. The Kier molecular flexibility index (Phi) is 8.70. The van der Waals surface area contributed by atoms with Crippen molar-refractivity contribution in [1.29, 1.82) is 0 Å². The molecule has 0 saturated heterocycles. The number of para-hydroxylation sites is 1. The van der Waals surface area contributed by atoms with Crippen molar-refractivity contribution >= 4 is 79.3 Å². The van der Waals surface area contributed by atoms with Crippen LogP contribution < -0.4 is 16.0 Å². The van der Waals surface area contributed by atoms with Crippen molar-refractivity contribution in [1.82, 2.24) is 10.3 Å². The smallest absolute Gasteiger partial charge is 0.272 e. The van der Waals surface area contributed by atoms with Gasteiger partial charge in [0.25, 0.3) is 11.8 Å². The Labute approximate surface area is 243 Å². The molecule has 40 heavy (non-hydrogen) atoms. The molecule has 3 N–H and O–H groups in total. The van der Waals surface area contributed by atoms with Gasteiger partial charge in [-0.15, -0.1) is 11.8 Å². The van der Waals surface area contributed by atoms with E-state index in [0.29, 0.717) is 16.4 Å². The lowest BCUT2D eigenvalue weighted by atomic mass is 10.2. The maximum atomic E-state index is 13.1. The number of nitrogens with zero attached hydrogens (tertiary/aromatic N) is 1. The Morgan fingerprint density at radius 3 is 2.38 bits per heavy atom. The number of benzene rings is 3. The minimum absolute atomic E-state index is 0.130. The van der Waals surface area contributed by atoms with Crippen LogP contribution in [0.5, 0.6) is 0 Å². The van der Waals surface area contributed by atoms with Gasteiger partial charge in [0.15, 0.2) is 5.13 Å². The highest BCUT2D eigenvalue weighted by Crippen LogP contribution is 2.28. The Balaban J connectivity index is 1.21. The second-order valence-electron chi connectivity index (χ2n) is 8.65. The molecule has 0 bridgehead atoms. The molecule has 0 radical (unpaired) electrons. The summed E-state index contributed by atoms with van der Waals surface area (Å²) >= 11 is 4.34. The molecule has 0 spiro atoms. The molecule has 0 aliphatic heterocycles. The second kappa shape index (κ2) is 12.7. The number of carbonyl (C=O) groups excluding carboxylic acids is 3. The first-order valence-corrected chi connectivity index (χ1v) is 14.9. The third kappa shape index (κ3) is 7.03. The van der Waals surface area contributed by atoms with Crippen molar-refractivity contribution in [3.8, 4) is 0 Å². The number of hydrogen-bond acceptors (Lipinski definition) is 7. The van der Waals surface area contributed by atoms with E-state index in [2.05, 4.69) is 20.9 Å². The van der Waals surface area contributed by atoms with E-state index in [9.17, 15) is 14.4 Å². The Morgan fingerprint density at radius 2 is 1.65 bits per heavy atom. The van der Waals surface area contributed by atoms with Gasteiger partial charge >= 0.3 is 0 Å². The van der Waals surface area contributed by atoms with Crippen LogP contribution >= 0.6 is 34.4 Å². The summed E-state index contributed by atoms with van der Waals surface area (Å²) in [6.45, 7) is 1.83. The monoisotopic (exact) mass is 584 g/mol. The number of hydrogen-bond donors (Lipinski definition) is 3. The minimum atomic E-state index is -0.445. The zero-order chi connectivity index (χ0) is 27.9. The first-order valence-electron chi connectivity index (χ1n) is 12.3. The van der Waals surface area contributed by atoms with Gasteiger partial charge in [-0.2, -0.15) is 11.3 Å². The quantitative estimate of drug-likeness (QED) is 0.129. The lowest BCUT2D eigenvalue weighted by Crippen LogP contribution is -2.30. The molecule has 0 aliphatic rings. The molecule has 0 aliphatic carbocycles. The van der Waals surface area contributed by atoms with Crippen LogP contribution in [0.3, 0.4) is 0 Å². The third-order valence-electron chi connectivity index (χ3n) is 5.70. The summed E-state index contributed by atoms with van der Waals surface area (Å²) in [7, 11) is 0. The van der Waals surface area contributed by atoms with Crippen molar-refractivity contribution in [3.63, 3.8) is 0 Å². The lowest BCUT2D eigenvalue weighted by molar-refractivity contribution is -0.115. The topological polar surface area (TPSA) is 100 Å². The highest BCUT2D eigenvalue weighted by molar-refractivity contribution is 8.00. The van der Waals surface area contributed by atoms with Crippen molar-refractivity contribution in [2.75, 3.05) is 10.6 Å². The first-order chi connectivity index (χ1) is 19.4. The summed E-state index contributed by atoms with van der Waals surface area (Å²) in [5.74, 6) is -0.958. The normalized spacial score (nSPS) is 12.1. The summed E-state index contributed by atoms with van der Waals surface area (Å²) in [5.41, 5.74) is 2.81. The van der Waals surface area contributed by atoms with Gasteiger partial charge in [0.05, 0.1) is 15.5 Å². The average molecular weight is 585 g/mol. The van der Waals surface area contributed by atoms with Crippen molar-refractivity contribution in [3.05, 3.63) is 113 Å². The first kappa shape index (κ1) is 27.3. The SMILES string of the molecule is CC(Sc1ccc(NC(=O)/C(=C/c2ccsc2)NC(=O)c2ccccc2)cc1)C(=O)Nc1nc2ccccc2s1. The lowest BCUT2D eigenvalue weighted by Gasteiger charge is -2.13. The van der Waals surface area contributed by atoms with E-state index < -0.39 is 5.91 Å². The number of fused-ring (bicyclic) bond motifs is 1. The highest BCUT2D eigenvalue weighted by Gasteiger charge is 2.18. The summed E-state index contributed by atoms with van der Waals surface area (Å²) < 4.78 is 1.02. The molecule has 200 valence electrons. The van der Waals surface area contributed by atoms with Gasteiger partial charge in [-0.3, -0.25) is 14.4 Å². The molecular weight excluding hydrogens is 561 g/mol. The van der Waals surface area contributed by atoms with Crippen LogP contribution in [0.1, 0.15) is 22.8 Å². The Hall–Kier alpha value is -4.25. The van der Waals surface area contributed by atoms with E-state index in [0.717, 1.165) is 20.7 Å². The molecule has 2 heterocycles. The Morgan fingerprint density at radius 1 is 0.900 bits per heavy atom. The van der Waals surface area contributed by atoms with Crippen LogP contribution in [0.4, 0.5) is 10.8 Å². The number of rotatable bonds is 9. The maximum absolute atomic E-state index is 13.1. The summed E-state index contributed by atoms with van der Waals surface area (Å²) in [5, 5.41) is 12.5. The van der Waals surface area contributed by atoms with E-state index in [1.165, 1.54) is 34.4 Å². The van der Waals surface area contributed by atoms with Crippen LogP contribution in [0.25, 0.3) is 16.3 Å². The predicted octanol–water partition coefficient (Wildman–Crippen LogP) is 6.89. The zero-order valence-electron chi connectivity index (χ0n) is 21.3. The van der Waals surface area contributed by atoms with E-state index in [1.807, 2.05) is 66.2 Å². The number of nitrogens with one attached hydrogen (secondary N) is 3.